The Morgan fingerprint density at radius 1 is 0.640 bits per heavy atom. The molecule has 0 aromatic heterocycles. The van der Waals surface area contributed by atoms with Crippen LogP contribution in [-0.2, 0) is 48.0 Å². The first kappa shape index (κ1) is 37.1. The molecular weight excluding hydrogens is 642 g/mol. The van der Waals surface area contributed by atoms with Crippen LogP contribution in [-0.4, -0.2) is 71.8 Å². The van der Waals surface area contributed by atoms with Crippen molar-refractivity contribution in [1.29, 1.82) is 0 Å². The molecule has 13 nitrogen and oxygen atoms in total. The van der Waals surface area contributed by atoms with Crippen molar-refractivity contribution in [2.75, 3.05) is 13.1 Å². The molecule has 0 aliphatic carbocycles. The monoisotopic (exact) mass is 685 g/mol. The molecule has 3 aromatic carbocycles. The molecule has 6 N–H and O–H groups in total. The number of phenolic OH excluding ortho intramolecular Hbond substituents is 1. The van der Waals surface area contributed by atoms with Crippen LogP contribution in [0.25, 0.3) is 0 Å². The molecule has 0 unspecified atom stereocenters. The maximum Gasteiger partial charge on any atom is 0.334 e. The predicted molar refractivity (Wildman–Crippen MR) is 184 cm³/mol. The second-order valence-electron chi connectivity index (χ2n) is 12.5. The summed E-state index contributed by atoms with van der Waals surface area (Å²) in [6.45, 7) is 2.82. The molecule has 3 aromatic rings. The van der Waals surface area contributed by atoms with Crippen LogP contribution in [0.2, 0.25) is 0 Å². The van der Waals surface area contributed by atoms with Crippen LogP contribution >= 0.6 is 0 Å². The van der Waals surface area contributed by atoms with Crippen molar-refractivity contribution >= 4 is 35.5 Å². The van der Waals surface area contributed by atoms with Gasteiger partial charge in [-0.3, -0.25) is 24.0 Å². The highest BCUT2D eigenvalue weighted by Crippen LogP contribution is 2.21. The Balaban J connectivity index is 1.61. The summed E-state index contributed by atoms with van der Waals surface area (Å²) in [6.07, 6.45) is 0.531. The quantitative estimate of drug-likeness (QED) is 0.166. The average Bonchev–Trinajstić information content (AvgIpc) is 3.09. The van der Waals surface area contributed by atoms with E-state index in [0.717, 1.165) is 5.56 Å². The lowest BCUT2D eigenvalue weighted by molar-refractivity contribution is -0.140. The number of fused-ring (bicyclic) bond motifs is 1. The number of rotatable bonds is 6. The maximum atomic E-state index is 13.7. The fourth-order valence-electron chi connectivity index (χ4n) is 5.38. The van der Waals surface area contributed by atoms with Crippen LogP contribution in [0.1, 0.15) is 43.4 Å². The Morgan fingerprint density at radius 2 is 1.24 bits per heavy atom. The lowest BCUT2D eigenvalue weighted by Gasteiger charge is -2.24. The Bertz CT molecular complexity index is 1660. The second-order valence-corrected chi connectivity index (χ2v) is 12.5. The number of hydrogen-bond acceptors (Lipinski definition) is 8. The first-order valence-corrected chi connectivity index (χ1v) is 16.5. The summed E-state index contributed by atoms with van der Waals surface area (Å²) < 4.78 is 5.80. The number of benzene rings is 3. The van der Waals surface area contributed by atoms with Gasteiger partial charge in [-0.1, -0.05) is 74.5 Å². The van der Waals surface area contributed by atoms with Gasteiger partial charge in [0.25, 0.3) is 0 Å². The minimum atomic E-state index is -1.09. The highest BCUT2D eigenvalue weighted by Gasteiger charge is 2.30. The zero-order valence-corrected chi connectivity index (χ0v) is 28.1. The van der Waals surface area contributed by atoms with Crippen LogP contribution in [0.5, 0.6) is 11.5 Å². The lowest BCUT2D eigenvalue weighted by atomic mass is 10.0. The number of aryl methyl sites for hydroxylation is 1. The van der Waals surface area contributed by atoms with E-state index >= 15 is 0 Å². The molecule has 1 aliphatic heterocycles. The number of nitrogens with one attached hydrogen (secondary N) is 5. The van der Waals surface area contributed by atoms with E-state index < -0.39 is 66.7 Å². The van der Waals surface area contributed by atoms with Crippen LogP contribution < -0.4 is 31.3 Å². The van der Waals surface area contributed by atoms with Gasteiger partial charge < -0.3 is 36.4 Å². The first-order valence-electron chi connectivity index (χ1n) is 16.5. The van der Waals surface area contributed by atoms with E-state index in [9.17, 15) is 33.9 Å². The topological polar surface area (TPSA) is 192 Å². The van der Waals surface area contributed by atoms with Gasteiger partial charge in [-0.05, 0) is 53.6 Å². The van der Waals surface area contributed by atoms with Gasteiger partial charge in [-0.15, -0.1) is 0 Å². The van der Waals surface area contributed by atoms with E-state index in [2.05, 4.69) is 26.6 Å². The molecule has 0 fully saturated rings. The summed E-state index contributed by atoms with van der Waals surface area (Å²) in [5.41, 5.74) is 1.96. The summed E-state index contributed by atoms with van der Waals surface area (Å²) in [5.74, 6) is -3.52. The number of carbonyl (C=O) groups excluding carboxylic acids is 6. The van der Waals surface area contributed by atoms with E-state index in [1.54, 1.807) is 60.7 Å². The number of hydrogen-bond donors (Lipinski definition) is 6. The van der Waals surface area contributed by atoms with Crippen molar-refractivity contribution in [3.63, 3.8) is 0 Å². The van der Waals surface area contributed by atoms with Gasteiger partial charge in [0.2, 0.25) is 29.5 Å². The number of amides is 5. The number of ether oxygens (including phenoxy) is 1. The Labute approximate surface area is 290 Å². The molecule has 1 aliphatic rings. The summed E-state index contributed by atoms with van der Waals surface area (Å²) in [6, 6.07) is 18.7. The summed E-state index contributed by atoms with van der Waals surface area (Å²) in [4.78, 5) is 79.2. The standard InChI is InChI=1S/C37H43N5O8/c1-23(2)18-30-37(49)50-31-11-7-6-10-26(31)14-17-32(44)40-28(20-25-12-15-27(43)16-13-25)35(47)39-21-33(45)38-22-34(46)41-29(36(48)42-30)19-24-8-4-3-5-9-24/h3-13,15-16,23,28-30,43H,14,17-22H2,1-2H3,(H,38,45)(H,39,47)(H,40,44)(H,41,46)(H,42,48)/t28-,29-,30+/m0/s1. The number of carbonyl (C=O) groups is 6. The van der Waals surface area contributed by atoms with Crippen LogP contribution in [0.3, 0.4) is 0 Å². The van der Waals surface area contributed by atoms with Crippen molar-refractivity contribution in [1.82, 2.24) is 26.6 Å². The normalized spacial score (nSPS) is 20.2. The second kappa shape index (κ2) is 18.2. The number of esters is 1. The zero-order valence-electron chi connectivity index (χ0n) is 28.1. The van der Waals surface area contributed by atoms with Crippen molar-refractivity contribution in [2.45, 2.75) is 64.1 Å². The van der Waals surface area contributed by atoms with Crippen LogP contribution in [0.4, 0.5) is 0 Å². The largest absolute Gasteiger partial charge is 0.508 e. The Morgan fingerprint density at radius 3 is 1.94 bits per heavy atom. The van der Waals surface area contributed by atoms with Gasteiger partial charge >= 0.3 is 5.97 Å². The summed E-state index contributed by atoms with van der Waals surface area (Å²) in [5, 5.41) is 22.7. The molecule has 0 saturated heterocycles. The van der Waals surface area contributed by atoms with Gasteiger partial charge in [-0.2, -0.15) is 0 Å². The molecule has 0 saturated carbocycles. The molecule has 13 heteroatoms. The van der Waals surface area contributed by atoms with Gasteiger partial charge in [0, 0.05) is 19.3 Å². The van der Waals surface area contributed by atoms with Crippen molar-refractivity contribution in [3.05, 3.63) is 95.6 Å². The van der Waals surface area contributed by atoms with E-state index in [1.165, 1.54) is 12.1 Å². The van der Waals surface area contributed by atoms with Gasteiger partial charge in [0.15, 0.2) is 0 Å². The SMILES string of the molecule is CC(C)C[C@H]1NC(=O)[C@H](Cc2ccccc2)NC(=O)CNC(=O)CNC(=O)[C@H](Cc2ccc(O)cc2)NC(=O)CCc2ccccc2OC1=O. The van der Waals surface area contributed by atoms with Crippen molar-refractivity contribution in [2.24, 2.45) is 5.92 Å². The Hall–Kier alpha value is -5.72. The summed E-state index contributed by atoms with van der Waals surface area (Å²) in [7, 11) is 0. The molecule has 50 heavy (non-hydrogen) atoms. The maximum absolute atomic E-state index is 13.7. The summed E-state index contributed by atoms with van der Waals surface area (Å²) >= 11 is 0. The highest BCUT2D eigenvalue weighted by molar-refractivity contribution is 5.94. The smallest absolute Gasteiger partial charge is 0.334 e. The molecule has 0 bridgehead atoms. The van der Waals surface area contributed by atoms with E-state index in [-0.39, 0.29) is 49.5 Å². The molecule has 5 amide bonds. The third kappa shape index (κ3) is 11.8. The lowest BCUT2D eigenvalue weighted by Crippen LogP contribution is -2.55. The van der Waals surface area contributed by atoms with Gasteiger partial charge in [0.05, 0.1) is 13.1 Å². The molecule has 0 radical (unpaired) electrons. The molecule has 4 rings (SSSR count). The van der Waals surface area contributed by atoms with Crippen molar-refractivity contribution < 1.29 is 38.6 Å². The highest BCUT2D eigenvalue weighted by atomic mass is 16.5. The van der Waals surface area contributed by atoms with Crippen molar-refractivity contribution in [3.8, 4) is 11.5 Å². The number of para-hydroxylation sites is 1. The van der Waals surface area contributed by atoms with Crippen LogP contribution in [0.15, 0.2) is 78.9 Å². The molecule has 3 atom stereocenters. The van der Waals surface area contributed by atoms with Crippen LogP contribution in [0, 0.1) is 5.92 Å². The molecular formula is C37H43N5O8. The minimum Gasteiger partial charge on any atom is -0.508 e. The number of phenols is 1. The minimum absolute atomic E-state index is 0.00973. The third-order valence-corrected chi connectivity index (χ3v) is 7.94. The molecule has 1 heterocycles. The van der Waals surface area contributed by atoms with E-state index in [0.29, 0.717) is 11.1 Å². The van der Waals surface area contributed by atoms with Gasteiger partial charge in [-0.25, -0.2) is 4.79 Å². The zero-order chi connectivity index (χ0) is 36.0. The first-order chi connectivity index (χ1) is 24.0. The molecule has 0 spiro atoms. The number of aromatic hydroxyl groups is 1. The fraction of sp³-hybridized carbons (Fsp3) is 0.351. The van der Waals surface area contributed by atoms with E-state index in [1.807, 2.05) is 19.9 Å². The van der Waals surface area contributed by atoms with Gasteiger partial charge in [0.1, 0.15) is 29.6 Å². The average molecular weight is 686 g/mol. The Kier molecular flexibility index (Phi) is 13.5. The van der Waals surface area contributed by atoms with E-state index in [4.69, 9.17) is 4.74 Å². The fourth-order valence-corrected chi connectivity index (χ4v) is 5.38. The molecule has 264 valence electrons. The third-order valence-electron chi connectivity index (χ3n) is 7.94. The predicted octanol–water partition coefficient (Wildman–Crippen LogP) is 1.46.